The third kappa shape index (κ3) is 3.41. The van der Waals surface area contributed by atoms with Gasteiger partial charge in [0, 0.05) is 39.4 Å². The maximum atomic E-state index is 11.8. The topological polar surface area (TPSA) is 97.0 Å². The lowest BCUT2D eigenvalue weighted by molar-refractivity contribution is -0.127. The quantitative estimate of drug-likeness (QED) is 0.635. The number of aromatic nitrogens is 6. The summed E-state index contributed by atoms with van der Waals surface area (Å²) in [6.45, 7) is 9.07. The van der Waals surface area contributed by atoms with Crippen molar-refractivity contribution in [3.05, 3.63) is 31.4 Å². The molecule has 1 N–H and O–H groups in total. The van der Waals surface area contributed by atoms with E-state index >= 15 is 0 Å². The number of fused-ring (bicyclic) bond motifs is 1. The summed E-state index contributed by atoms with van der Waals surface area (Å²) in [4.78, 5) is 29.6. The summed E-state index contributed by atoms with van der Waals surface area (Å²) in [6, 6.07) is 0.332. The van der Waals surface area contributed by atoms with Crippen molar-refractivity contribution in [1.82, 2.24) is 34.2 Å². The van der Waals surface area contributed by atoms with Crippen molar-refractivity contribution in [1.29, 1.82) is 0 Å². The number of likely N-dealkylation sites (N-methyl/N-ethyl adjacent to an activating group) is 1. The molecule has 0 unspecified atom stereocenters. The SMILES string of the molecule is C=CC(=O)N(C)C1CN(c2nc(Nc3cnn(C)c3)c3ncn(C(C)C)c3n2)C1. The van der Waals surface area contributed by atoms with Gasteiger partial charge in [0.05, 0.1) is 24.3 Å². The fourth-order valence-corrected chi connectivity index (χ4v) is 3.32. The van der Waals surface area contributed by atoms with Gasteiger partial charge in [-0.2, -0.15) is 15.1 Å². The predicted molar refractivity (Wildman–Crippen MR) is 111 cm³/mol. The highest BCUT2D eigenvalue weighted by atomic mass is 16.2. The van der Waals surface area contributed by atoms with Crippen molar-refractivity contribution >= 4 is 34.5 Å². The zero-order chi connectivity index (χ0) is 20.7. The Kier molecular flexibility index (Phi) is 4.69. The lowest BCUT2D eigenvalue weighted by atomic mass is 10.1. The molecule has 0 saturated carbocycles. The molecule has 1 saturated heterocycles. The number of aryl methyl sites for hydroxylation is 1. The second-order valence-electron chi connectivity index (χ2n) is 7.53. The minimum atomic E-state index is -0.0807. The first kappa shape index (κ1) is 18.9. The van der Waals surface area contributed by atoms with E-state index in [-0.39, 0.29) is 18.0 Å². The van der Waals surface area contributed by atoms with Crippen molar-refractivity contribution in [2.24, 2.45) is 7.05 Å². The molecule has 0 spiro atoms. The van der Waals surface area contributed by atoms with Gasteiger partial charge in [0.25, 0.3) is 0 Å². The van der Waals surface area contributed by atoms with Crippen LogP contribution in [0.3, 0.4) is 0 Å². The van der Waals surface area contributed by atoms with Gasteiger partial charge < -0.3 is 19.7 Å². The summed E-state index contributed by atoms with van der Waals surface area (Å²) >= 11 is 0. The Bertz CT molecular complexity index is 1060. The number of carbonyl (C=O) groups excluding carboxylic acids is 1. The normalized spacial score (nSPS) is 14.3. The molecule has 0 bridgehead atoms. The van der Waals surface area contributed by atoms with Crippen molar-refractivity contribution < 1.29 is 4.79 Å². The smallest absolute Gasteiger partial charge is 0.246 e. The molecule has 152 valence electrons. The molecule has 29 heavy (non-hydrogen) atoms. The molecule has 1 fully saturated rings. The average Bonchev–Trinajstić information content (AvgIpc) is 3.26. The van der Waals surface area contributed by atoms with E-state index in [9.17, 15) is 4.79 Å². The summed E-state index contributed by atoms with van der Waals surface area (Å²) in [5.74, 6) is 1.17. The van der Waals surface area contributed by atoms with Gasteiger partial charge in [0.1, 0.15) is 0 Å². The maximum absolute atomic E-state index is 11.8. The van der Waals surface area contributed by atoms with Crippen molar-refractivity contribution in [2.75, 3.05) is 30.4 Å². The Hall–Kier alpha value is -3.43. The molecular weight excluding hydrogens is 370 g/mol. The van der Waals surface area contributed by atoms with Crippen LogP contribution in [-0.4, -0.2) is 66.3 Å². The third-order valence-electron chi connectivity index (χ3n) is 5.15. The van der Waals surface area contributed by atoms with Gasteiger partial charge in [-0.15, -0.1) is 0 Å². The Balaban J connectivity index is 1.66. The maximum Gasteiger partial charge on any atom is 0.246 e. The van der Waals surface area contributed by atoms with Crippen LogP contribution in [0.15, 0.2) is 31.4 Å². The number of rotatable bonds is 6. The molecule has 1 amide bonds. The number of hydrogen-bond acceptors (Lipinski definition) is 7. The van der Waals surface area contributed by atoms with Crippen LogP contribution in [0, 0.1) is 0 Å². The largest absolute Gasteiger partial charge is 0.336 e. The number of amides is 1. The molecule has 4 rings (SSSR count). The summed E-state index contributed by atoms with van der Waals surface area (Å²) in [5, 5.41) is 7.50. The van der Waals surface area contributed by atoms with E-state index in [1.807, 2.05) is 17.8 Å². The second-order valence-corrected chi connectivity index (χ2v) is 7.53. The summed E-state index contributed by atoms with van der Waals surface area (Å²) < 4.78 is 3.75. The van der Waals surface area contributed by atoms with Gasteiger partial charge in [-0.3, -0.25) is 9.48 Å². The van der Waals surface area contributed by atoms with E-state index < -0.39 is 0 Å². The van der Waals surface area contributed by atoms with E-state index in [1.54, 1.807) is 29.2 Å². The number of nitrogens with zero attached hydrogens (tertiary/aromatic N) is 8. The summed E-state index contributed by atoms with van der Waals surface area (Å²) in [6.07, 6.45) is 6.74. The molecular formula is C19H25N9O. The summed E-state index contributed by atoms with van der Waals surface area (Å²) in [5.41, 5.74) is 2.31. The Labute approximate surface area is 168 Å². The average molecular weight is 395 g/mol. The monoisotopic (exact) mass is 395 g/mol. The number of anilines is 3. The number of carbonyl (C=O) groups is 1. The minimum absolute atomic E-state index is 0.0807. The zero-order valence-corrected chi connectivity index (χ0v) is 17.1. The molecule has 3 aromatic rings. The molecule has 10 heteroatoms. The Morgan fingerprint density at radius 2 is 2.14 bits per heavy atom. The highest BCUT2D eigenvalue weighted by Crippen LogP contribution is 2.29. The highest BCUT2D eigenvalue weighted by Gasteiger charge is 2.34. The molecule has 1 aliphatic heterocycles. The van der Waals surface area contributed by atoms with Gasteiger partial charge in [-0.25, -0.2) is 4.98 Å². The predicted octanol–water partition coefficient (Wildman–Crippen LogP) is 1.72. The first-order valence-corrected chi connectivity index (χ1v) is 9.51. The minimum Gasteiger partial charge on any atom is -0.336 e. The van der Waals surface area contributed by atoms with E-state index in [2.05, 4.69) is 40.7 Å². The van der Waals surface area contributed by atoms with Crippen LogP contribution in [0.25, 0.3) is 11.2 Å². The first-order valence-electron chi connectivity index (χ1n) is 9.51. The molecule has 0 aromatic carbocycles. The van der Waals surface area contributed by atoms with Crippen LogP contribution >= 0.6 is 0 Å². The molecule has 3 aromatic heterocycles. The van der Waals surface area contributed by atoms with Crippen LogP contribution in [0.4, 0.5) is 17.5 Å². The van der Waals surface area contributed by atoms with Crippen LogP contribution in [0.2, 0.25) is 0 Å². The molecule has 0 radical (unpaired) electrons. The van der Waals surface area contributed by atoms with Crippen LogP contribution in [-0.2, 0) is 11.8 Å². The molecule has 0 aliphatic carbocycles. The van der Waals surface area contributed by atoms with Crippen LogP contribution < -0.4 is 10.2 Å². The molecule has 10 nitrogen and oxygen atoms in total. The molecule has 0 atom stereocenters. The van der Waals surface area contributed by atoms with Crippen molar-refractivity contribution in [2.45, 2.75) is 25.9 Å². The van der Waals surface area contributed by atoms with Crippen molar-refractivity contribution in [3.8, 4) is 0 Å². The highest BCUT2D eigenvalue weighted by molar-refractivity contribution is 5.88. The first-order chi connectivity index (χ1) is 13.9. The van der Waals surface area contributed by atoms with E-state index in [1.165, 1.54) is 6.08 Å². The van der Waals surface area contributed by atoms with E-state index in [4.69, 9.17) is 9.97 Å². The van der Waals surface area contributed by atoms with Crippen LogP contribution in [0.5, 0.6) is 0 Å². The molecule has 1 aliphatic rings. The van der Waals surface area contributed by atoms with E-state index in [0.717, 1.165) is 11.3 Å². The van der Waals surface area contributed by atoms with Gasteiger partial charge in [-0.1, -0.05) is 6.58 Å². The van der Waals surface area contributed by atoms with Crippen LogP contribution in [0.1, 0.15) is 19.9 Å². The summed E-state index contributed by atoms with van der Waals surface area (Å²) in [7, 11) is 3.65. The Morgan fingerprint density at radius 1 is 1.38 bits per heavy atom. The fourth-order valence-electron chi connectivity index (χ4n) is 3.32. The number of hydrogen-bond donors (Lipinski definition) is 1. The van der Waals surface area contributed by atoms with Crippen molar-refractivity contribution in [3.63, 3.8) is 0 Å². The number of imidazole rings is 1. The third-order valence-corrected chi connectivity index (χ3v) is 5.15. The van der Waals surface area contributed by atoms with E-state index in [0.29, 0.717) is 30.4 Å². The number of nitrogens with one attached hydrogen (secondary N) is 1. The second kappa shape index (κ2) is 7.19. The van der Waals surface area contributed by atoms with Gasteiger partial charge in [0.15, 0.2) is 17.0 Å². The fraction of sp³-hybridized carbons (Fsp3) is 0.421. The Morgan fingerprint density at radius 3 is 2.76 bits per heavy atom. The standard InChI is InChI=1S/C19H25N9O/c1-6-15(29)26(5)14-9-27(10-14)19-23-17(22-13-7-21-25(4)8-13)16-18(24-19)28(11-20-16)12(2)3/h6-8,11-12,14H,1,9-10H2,2-5H3,(H,22,23,24). The van der Waals surface area contributed by atoms with Gasteiger partial charge >= 0.3 is 0 Å². The molecule has 4 heterocycles. The van der Waals surface area contributed by atoms with Gasteiger partial charge in [-0.05, 0) is 19.9 Å². The lowest BCUT2D eigenvalue weighted by Gasteiger charge is -2.43. The lowest BCUT2D eigenvalue weighted by Crippen LogP contribution is -2.60. The zero-order valence-electron chi connectivity index (χ0n) is 17.1. The van der Waals surface area contributed by atoms with Gasteiger partial charge in [0.2, 0.25) is 11.9 Å².